The fourth-order valence-corrected chi connectivity index (χ4v) is 3.15. The molecule has 0 saturated carbocycles. The lowest BCUT2D eigenvalue weighted by molar-refractivity contribution is 0.0439. The van der Waals surface area contributed by atoms with Crippen LogP contribution in [0.25, 0.3) is 0 Å². The Balaban J connectivity index is 1.87. The van der Waals surface area contributed by atoms with Crippen LogP contribution in [0.15, 0.2) is 0 Å². The van der Waals surface area contributed by atoms with Crippen molar-refractivity contribution in [1.29, 1.82) is 0 Å². The Bertz CT molecular complexity index is 417. The number of hydrogen-bond donors (Lipinski definition) is 1. The van der Waals surface area contributed by atoms with Gasteiger partial charge in [-0.1, -0.05) is 6.92 Å². The highest BCUT2D eigenvalue weighted by Crippen LogP contribution is 2.32. The number of hydrogen-bond acceptors (Lipinski definition) is 4. The van der Waals surface area contributed by atoms with Gasteiger partial charge in [-0.05, 0) is 31.2 Å². The third-order valence-electron chi connectivity index (χ3n) is 4.38. The maximum absolute atomic E-state index is 5.81. The van der Waals surface area contributed by atoms with Gasteiger partial charge in [0.15, 0.2) is 0 Å². The first-order valence-electron chi connectivity index (χ1n) is 6.99. The summed E-state index contributed by atoms with van der Waals surface area (Å²) in [5.74, 6) is 3.93. The van der Waals surface area contributed by atoms with Crippen molar-refractivity contribution in [2.75, 3.05) is 19.8 Å². The highest BCUT2D eigenvalue weighted by Gasteiger charge is 2.31. The SMILES string of the molecule is CC1COCCC1c1nnc2n1CC(CN)CC2. The van der Waals surface area contributed by atoms with Gasteiger partial charge in [0.05, 0.1) is 0 Å². The maximum Gasteiger partial charge on any atom is 0.136 e. The van der Waals surface area contributed by atoms with Crippen molar-refractivity contribution in [1.82, 2.24) is 14.8 Å². The lowest BCUT2D eigenvalue weighted by Gasteiger charge is -2.30. The van der Waals surface area contributed by atoms with Crippen molar-refractivity contribution in [3.05, 3.63) is 11.6 Å². The first-order chi connectivity index (χ1) is 8.79. The lowest BCUT2D eigenvalue weighted by atomic mass is 9.88. The van der Waals surface area contributed by atoms with Gasteiger partial charge in [-0.25, -0.2) is 0 Å². The molecular formula is C13H22N4O. The number of aryl methyl sites for hydroxylation is 1. The van der Waals surface area contributed by atoms with E-state index >= 15 is 0 Å². The minimum atomic E-state index is 0.497. The molecule has 2 aliphatic heterocycles. The molecule has 5 nitrogen and oxygen atoms in total. The van der Waals surface area contributed by atoms with Gasteiger partial charge in [0.2, 0.25) is 0 Å². The van der Waals surface area contributed by atoms with Crippen LogP contribution >= 0.6 is 0 Å². The van der Waals surface area contributed by atoms with Crippen LogP contribution in [-0.2, 0) is 17.7 Å². The Hall–Kier alpha value is -0.940. The topological polar surface area (TPSA) is 66.0 Å². The molecular weight excluding hydrogens is 228 g/mol. The fourth-order valence-electron chi connectivity index (χ4n) is 3.15. The molecule has 100 valence electrons. The smallest absolute Gasteiger partial charge is 0.136 e. The van der Waals surface area contributed by atoms with Crippen LogP contribution in [0.2, 0.25) is 0 Å². The number of rotatable bonds is 2. The molecule has 0 spiro atoms. The van der Waals surface area contributed by atoms with Gasteiger partial charge in [-0.2, -0.15) is 0 Å². The second-order valence-corrected chi connectivity index (χ2v) is 5.67. The minimum Gasteiger partial charge on any atom is -0.381 e. The standard InChI is InChI=1S/C13H22N4O/c1-9-8-18-5-4-11(9)13-16-15-12-3-2-10(6-14)7-17(12)13/h9-11H,2-8,14H2,1H3. The third-order valence-corrected chi connectivity index (χ3v) is 4.38. The number of aromatic nitrogens is 3. The van der Waals surface area contributed by atoms with Crippen molar-refractivity contribution < 1.29 is 4.74 Å². The summed E-state index contributed by atoms with van der Waals surface area (Å²) in [6.07, 6.45) is 3.23. The second kappa shape index (κ2) is 4.97. The van der Waals surface area contributed by atoms with E-state index in [0.29, 0.717) is 17.8 Å². The second-order valence-electron chi connectivity index (χ2n) is 5.67. The molecule has 2 aliphatic rings. The molecule has 18 heavy (non-hydrogen) atoms. The van der Waals surface area contributed by atoms with Crippen molar-refractivity contribution in [2.24, 2.45) is 17.6 Å². The maximum atomic E-state index is 5.81. The largest absolute Gasteiger partial charge is 0.381 e. The Morgan fingerprint density at radius 3 is 3.06 bits per heavy atom. The Morgan fingerprint density at radius 2 is 2.28 bits per heavy atom. The molecule has 1 fully saturated rings. The highest BCUT2D eigenvalue weighted by atomic mass is 16.5. The van der Waals surface area contributed by atoms with Crippen LogP contribution in [0.4, 0.5) is 0 Å². The molecule has 1 aromatic rings. The molecule has 0 aliphatic carbocycles. The van der Waals surface area contributed by atoms with E-state index in [9.17, 15) is 0 Å². The van der Waals surface area contributed by atoms with Crippen LogP contribution in [0.3, 0.4) is 0 Å². The molecule has 3 heterocycles. The predicted molar refractivity (Wildman–Crippen MR) is 68.2 cm³/mol. The van der Waals surface area contributed by atoms with Crippen molar-refractivity contribution in [3.8, 4) is 0 Å². The predicted octanol–water partition coefficient (Wildman–Crippen LogP) is 0.939. The fraction of sp³-hybridized carbons (Fsp3) is 0.846. The molecule has 0 aromatic carbocycles. The lowest BCUT2D eigenvalue weighted by Crippen LogP contribution is -2.31. The number of ether oxygens (including phenoxy) is 1. The summed E-state index contributed by atoms with van der Waals surface area (Å²) in [6, 6.07) is 0. The average molecular weight is 250 g/mol. The first-order valence-corrected chi connectivity index (χ1v) is 6.99. The van der Waals surface area contributed by atoms with Crippen LogP contribution < -0.4 is 5.73 Å². The van der Waals surface area contributed by atoms with Gasteiger partial charge in [0.1, 0.15) is 11.6 Å². The van der Waals surface area contributed by atoms with E-state index in [1.54, 1.807) is 0 Å². The van der Waals surface area contributed by atoms with E-state index in [2.05, 4.69) is 21.7 Å². The van der Waals surface area contributed by atoms with Crippen molar-refractivity contribution >= 4 is 0 Å². The third kappa shape index (κ3) is 2.06. The van der Waals surface area contributed by atoms with Crippen LogP contribution in [-0.4, -0.2) is 34.5 Å². The van der Waals surface area contributed by atoms with Crippen LogP contribution in [0.5, 0.6) is 0 Å². The summed E-state index contributed by atoms with van der Waals surface area (Å²) in [4.78, 5) is 0. The molecule has 1 aromatic heterocycles. The van der Waals surface area contributed by atoms with Crippen LogP contribution in [0, 0.1) is 11.8 Å². The summed E-state index contributed by atoms with van der Waals surface area (Å²) >= 11 is 0. The molecule has 3 unspecified atom stereocenters. The molecule has 0 radical (unpaired) electrons. The Kier molecular flexibility index (Phi) is 3.35. The minimum absolute atomic E-state index is 0.497. The van der Waals surface area contributed by atoms with Gasteiger partial charge in [-0.3, -0.25) is 0 Å². The van der Waals surface area contributed by atoms with E-state index in [1.807, 2.05) is 0 Å². The van der Waals surface area contributed by atoms with E-state index in [0.717, 1.165) is 51.4 Å². The van der Waals surface area contributed by atoms with Gasteiger partial charge in [0, 0.05) is 32.1 Å². The number of nitrogens with zero attached hydrogens (tertiary/aromatic N) is 3. The highest BCUT2D eigenvalue weighted by molar-refractivity contribution is 5.07. The summed E-state index contributed by atoms with van der Waals surface area (Å²) in [5.41, 5.74) is 5.81. The van der Waals surface area contributed by atoms with Gasteiger partial charge < -0.3 is 15.0 Å². The average Bonchev–Trinajstić information content (AvgIpc) is 2.82. The zero-order valence-electron chi connectivity index (χ0n) is 11.0. The zero-order chi connectivity index (χ0) is 12.5. The molecule has 5 heteroatoms. The zero-order valence-corrected chi connectivity index (χ0v) is 11.0. The van der Waals surface area contributed by atoms with Crippen LogP contribution in [0.1, 0.15) is 37.3 Å². The number of nitrogens with two attached hydrogens (primary N) is 1. The summed E-state index contributed by atoms with van der Waals surface area (Å²) < 4.78 is 7.85. The number of fused-ring (bicyclic) bond motifs is 1. The molecule has 1 saturated heterocycles. The Morgan fingerprint density at radius 1 is 1.39 bits per heavy atom. The molecule has 0 amide bonds. The van der Waals surface area contributed by atoms with E-state index in [-0.39, 0.29) is 0 Å². The molecule has 2 N–H and O–H groups in total. The molecule has 3 atom stereocenters. The summed E-state index contributed by atoms with van der Waals surface area (Å²) in [6.45, 7) is 5.69. The van der Waals surface area contributed by atoms with Crippen molar-refractivity contribution in [3.63, 3.8) is 0 Å². The van der Waals surface area contributed by atoms with Gasteiger partial charge >= 0.3 is 0 Å². The summed E-state index contributed by atoms with van der Waals surface area (Å²) in [5, 5.41) is 8.82. The Labute approximate surface area is 108 Å². The van der Waals surface area contributed by atoms with Gasteiger partial charge in [0.25, 0.3) is 0 Å². The van der Waals surface area contributed by atoms with E-state index < -0.39 is 0 Å². The van der Waals surface area contributed by atoms with E-state index in [1.165, 1.54) is 5.82 Å². The molecule has 0 bridgehead atoms. The molecule has 3 rings (SSSR count). The van der Waals surface area contributed by atoms with E-state index in [4.69, 9.17) is 10.5 Å². The summed E-state index contributed by atoms with van der Waals surface area (Å²) in [7, 11) is 0. The van der Waals surface area contributed by atoms with Gasteiger partial charge in [-0.15, -0.1) is 10.2 Å². The normalized spacial score (nSPS) is 32.2. The first kappa shape index (κ1) is 12.1. The van der Waals surface area contributed by atoms with Crippen molar-refractivity contribution in [2.45, 2.75) is 38.6 Å². The monoisotopic (exact) mass is 250 g/mol. The quantitative estimate of drug-likeness (QED) is 0.848.